The summed E-state index contributed by atoms with van der Waals surface area (Å²) in [6.45, 7) is -2.11. The van der Waals surface area contributed by atoms with Gasteiger partial charge in [0, 0.05) is 11.6 Å². The van der Waals surface area contributed by atoms with Crippen molar-refractivity contribution in [1.82, 2.24) is 14.8 Å². The maximum atomic E-state index is 14.5. The van der Waals surface area contributed by atoms with Gasteiger partial charge in [0.15, 0.2) is 12.4 Å². The maximum absolute atomic E-state index is 14.5. The molecule has 0 spiro atoms. The lowest BCUT2D eigenvalue weighted by Crippen LogP contribution is -2.36. The molecular formula is C24H22F6N6O2. The van der Waals surface area contributed by atoms with Crippen molar-refractivity contribution in [1.29, 1.82) is 0 Å². The summed E-state index contributed by atoms with van der Waals surface area (Å²) in [4.78, 5) is 11.6. The molecule has 0 radical (unpaired) electrons. The van der Waals surface area contributed by atoms with Gasteiger partial charge in [0.2, 0.25) is 0 Å². The van der Waals surface area contributed by atoms with E-state index in [-0.39, 0.29) is 30.2 Å². The Morgan fingerprint density at radius 3 is 2.50 bits per heavy atom. The molecule has 3 rings (SSSR count). The third-order valence-electron chi connectivity index (χ3n) is 5.05. The van der Waals surface area contributed by atoms with Gasteiger partial charge in [-0.2, -0.15) is 13.9 Å². The van der Waals surface area contributed by atoms with Crippen LogP contribution in [0, 0.1) is 11.6 Å². The molecule has 8 nitrogen and oxygen atoms in total. The van der Waals surface area contributed by atoms with Crippen LogP contribution in [-0.2, 0) is 12.1 Å². The smallest absolute Gasteiger partial charge is 0.340 e. The van der Waals surface area contributed by atoms with Gasteiger partial charge < -0.3 is 15.6 Å². The highest BCUT2D eigenvalue weighted by Gasteiger charge is 2.41. The van der Waals surface area contributed by atoms with Crippen molar-refractivity contribution >= 4 is 24.8 Å². The van der Waals surface area contributed by atoms with Crippen LogP contribution >= 0.6 is 0 Å². The van der Waals surface area contributed by atoms with Crippen LogP contribution in [0.1, 0.15) is 17.0 Å². The number of halogens is 6. The van der Waals surface area contributed by atoms with Crippen LogP contribution in [0.5, 0.6) is 5.75 Å². The summed E-state index contributed by atoms with van der Waals surface area (Å²) < 4.78 is 84.2. The van der Waals surface area contributed by atoms with Gasteiger partial charge in [0.1, 0.15) is 35.7 Å². The molecule has 1 unspecified atom stereocenters. The van der Waals surface area contributed by atoms with Crippen molar-refractivity contribution in [3.63, 3.8) is 0 Å². The van der Waals surface area contributed by atoms with Gasteiger partial charge in [-0.25, -0.2) is 32.2 Å². The first-order valence-electron chi connectivity index (χ1n) is 10.9. The first kappa shape index (κ1) is 28.4. The average Bonchev–Trinajstić information content (AvgIpc) is 3.31. The molecule has 2 aromatic carbocycles. The molecule has 0 saturated carbocycles. The highest BCUT2D eigenvalue weighted by molar-refractivity contribution is 5.69. The Balaban J connectivity index is 1.71. The van der Waals surface area contributed by atoms with E-state index in [2.05, 4.69) is 20.1 Å². The number of aliphatic hydroxyl groups is 1. The van der Waals surface area contributed by atoms with Crippen LogP contribution < -0.4 is 10.5 Å². The van der Waals surface area contributed by atoms with Crippen molar-refractivity contribution in [2.45, 2.75) is 24.5 Å². The normalized spacial score (nSPS) is 14.2. The molecule has 38 heavy (non-hydrogen) atoms. The van der Waals surface area contributed by atoms with E-state index in [0.29, 0.717) is 11.6 Å². The van der Waals surface area contributed by atoms with Gasteiger partial charge >= 0.3 is 12.3 Å². The van der Waals surface area contributed by atoms with Crippen molar-refractivity contribution in [3.8, 4) is 5.75 Å². The summed E-state index contributed by atoms with van der Waals surface area (Å²) in [6.07, 6.45) is 2.59. The van der Waals surface area contributed by atoms with Gasteiger partial charge in [0.05, 0.1) is 19.4 Å². The topological polar surface area (TPSA) is 111 Å². The number of nitrogens with zero attached hydrogens (tertiary/aromatic N) is 5. The highest BCUT2D eigenvalue weighted by Crippen LogP contribution is 2.27. The fourth-order valence-corrected chi connectivity index (χ4v) is 3.18. The first-order chi connectivity index (χ1) is 18.0. The minimum atomic E-state index is -4.26. The fraction of sp³-hybridized carbons (Fsp3) is 0.250. The predicted octanol–water partition coefficient (Wildman–Crippen LogP) is 3.91. The summed E-state index contributed by atoms with van der Waals surface area (Å²) in [5.74, 6) is -5.86. The van der Waals surface area contributed by atoms with Crippen molar-refractivity contribution in [2.24, 2.45) is 15.7 Å². The second-order valence-corrected chi connectivity index (χ2v) is 7.96. The Bertz CT molecular complexity index is 1300. The van der Waals surface area contributed by atoms with E-state index in [1.54, 1.807) is 6.08 Å². The van der Waals surface area contributed by atoms with E-state index < -0.39 is 36.2 Å². The Labute approximate surface area is 212 Å². The average molecular weight is 540 g/mol. The van der Waals surface area contributed by atoms with Gasteiger partial charge in [-0.3, -0.25) is 4.99 Å². The van der Waals surface area contributed by atoms with Gasteiger partial charge in [0.25, 0.3) is 0 Å². The summed E-state index contributed by atoms with van der Waals surface area (Å²) in [7, 11) is 0. The fourth-order valence-electron chi connectivity index (χ4n) is 3.18. The predicted molar refractivity (Wildman–Crippen MR) is 128 cm³/mol. The number of aliphatic imine (C=N–C) groups is 2. The monoisotopic (exact) mass is 540 g/mol. The zero-order chi connectivity index (χ0) is 27.8. The molecule has 1 aromatic heterocycles. The molecule has 14 heteroatoms. The van der Waals surface area contributed by atoms with Gasteiger partial charge in [-0.1, -0.05) is 24.3 Å². The quantitative estimate of drug-likeness (QED) is 0.206. The highest BCUT2D eigenvalue weighted by atomic mass is 19.3. The zero-order valence-electron chi connectivity index (χ0n) is 19.6. The molecule has 0 bridgehead atoms. The Kier molecular flexibility index (Phi) is 9.23. The molecule has 3 N–H and O–H groups in total. The molecule has 0 saturated heterocycles. The molecule has 0 fully saturated rings. The van der Waals surface area contributed by atoms with E-state index in [4.69, 9.17) is 10.5 Å². The second-order valence-electron chi connectivity index (χ2n) is 7.96. The Hall–Kier alpha value is -4.20. The summed E-state index contributed by atoms with van der Waals surface area (Å²) >= 11 is 0. The number of rotatable bonds is 12. The molecule has 202 valence electrons. The van der Waals surface area contributed by atoms with Gasteiger partial charge in [-0.05, 0) is 29.8 Å². The first-order valence-corrected chi connectivity index (χ1v) is 10.9. The summed E-state index contributed by atoms with van der Waals surface area (Å²) in [5, 5.41) is 15.4. The number of aromatic nitrogens is 3. The Morgan fingerprint density at radius 2 is 1.84 bits per heavy atom. The maximum Gasteiger partial charge on any atom is 0.340 e. The molecular weight excluding hydrogens is 518 g/mol. The lowest BCUT2D eigenvalue weighted by Gasteiger charge is -2.27. The van der Waals surface area contributed by atoms with E-state index in [0.717, 1.165) is 24.8 Å². The number of ether oxygens (including phenoxy) is 1. The van der Waals surface area contributed by atoms with Crippen molar-refractivity contribution in [2.75, 3.05) is 13.2 Å². The number of hydrogen-bond donors (Lipinski definition) is 2. The van der Waals surface area contributed by atoms with Crippen LogP contribution in [0.15, 0.2) is 58.8 Å². The minimum Gasteiger partial charge on any atom is -0.487 e. The number of hydrogen-bond acceptors (Lipinski definition) is 5. The third-order valence-corrected chi connectivity index (χ3v) is 5.05. The molecule has 0 aliphatic heterocycles. The molecule has 3 aromatic rings. The van der Waals surface area contributed by atoms with E-state index in [9.17, 15) is 31.4 Å². The molecule has 0 aliphatic rings. The van der Waals surface area contributed by atoms with Crippen molar-refractivity contribution in [3.05, 3.63) is 77.4 Å². The molecule has 1 heterocycles. The van der Waals surface area contributed by atoms with Crippen molar-refractivity contribution < 1.29 is 36.2 Å². The Morgan fingerprint density at radius 1 is 1.11 bits per heavy atom. The lowest BCUT2D eigenvalue weighted by atomic mass is 9.93. The summed E-state index contributed by atoms with van der Waals surface area (Å²) in [5.41, 5.74) is 3.58. The standard InChI is InChI=1S/C24H22F6N6O2/c25-17-4-7-19(20(26)9-17)23(37,10-32-14-33-13-31)11-36-15-34-21(35-36)8-3-16-1-5-18(6-2-16)38-12-24(29,30)22(27)28/h1-9,13-15,22,37H,10-12H2,(H2,31,32,33)/b8-3+. The van der Waals surface area contributed by atoms with Crippen LogP contribution in [-0.4, -0.2) is 58.0 Å². The van der Waals surface area contributed by atoms with Crippen LogP contribution in [0.4, 0.5) is 26.3 Å². The number of benzene rings is 2. The molecule has 1 atom stereocenters. The number of alkyl halides is 4. The van der Waals surface area contributed by atoms with Gasteiger partial charge in [-0.15, -0.1) is 0 Å². The largest absolute Gasteiger partial charge is 0.487 e. The van der Waals surface area contributed by atoms with E-state index >= 15 is 0 Å². The van der Waals surface area contributed by atoms with E-state index in [1.165, 1.54) is 41.4 Å². The minimum absolute atomic E-state index is 0.0167. The lowest BCUT2D eigenvalue weighted by molar-refractivity contribution is -0.148. The summed E-state index contributed by atoms with van der Waals surface area (Å²) in [6, 6.07) is 8.41. The van der Waals surface area contributed by atoms with Crippen LogP contribution in [0.25, 0.3) is 12.2 Å². The van der Waals surface area contributed by atoms with Crippen LogP contribution in [0.2, 0.25) is 0 Å². The second kappa shape index (κ2) is 12.4. The number of nitrogens with two attached hydrogens (primary N) is 1. The zero-order valence-corrected chi connectivity index (χ0v) is 19.6. The molecule has 0 aliphatic carbocycles. The third kappa shape index (κ3) is 7.65. The van der Waals surface area contributed by atoms with E-state index in [1.807, 2.05) is 0 Å². The SMILES string of the molecule is NC=NC=NCC(O)(Cn1cnc(/C=C/c2ccc(OCC(F)(F)C(F)F)cc2)n1)c1ccc(F)cc1F. The molecule has 0 amide bonds. The van der Waals surface area contributed by atoms with Crippen LogP contribution in [0.3, 0.4) is 0 Å².